The minimum absolute atomic E-state index is 0.00820. The lowest BCUT2D eigenvalue weighted by atomic mass is 10.0. The molecule has 5 nitrogen and oxygen atoms in total. The zero-order chi connectivity index (χ0) is 18.7. The van der Waals surface area contributed by atoms with Crippen molar-refractivity contribution in [2.75, 3.05) is 24.5 Å². The third-order valence-corrected chi connectivity index (χ3v) is 4.70. The second-order valence-electron chi connectivity index (χ2n) is 6.88. The van der Waals surface area contributed by atoms with Gasteiger partial charge in [0.1, 0.15) is 12.6 Å². The molecule has 0 unspecified atom stereocenters. The van der Waals surface area contributed by atoms with Gasteiger partial charge in [-0.15, -0.1) is 0 Å². The van der Waals surface area contributed by atoms with Crippen molar-refractivity contribution in [3.8, 4) is 11.1 Å². The van der Waals surface area contributed by atoms with Crippen molar-refractivity contribution in [2.45, 2.75) is 20.0 Å². The number of carbonyl (C=O) groups is 2. The van der Waals surface area contributed by atoms with Crippen LogP contribution >= 0.6 is 0 Å². The molecule has 1 N–H and O–H groups in total. The number of para-hydroxylation sites is 1. The van der Waals surface area contributed by atoms with Crippen molar-refractivity contribution >= 4 is 17.5 Å². The minimum atomic E-state index is -1.06. The van der Waals surface area contributed by atoms with Crippen LogP contribution in [0, 0.1) is 5.92 Å². The Balaban J connectivity index is 1.81. The molecule has 26 heavy (non-hydrogen) atoms. The number of carbonyl (C=O) groups excluding carboxylic acids is 2. The number of hydrogen-bond acceptors (Lipinski definition) is 3. The maximum absolute atomic E-state index is 12.7. The van der Waals surface area contributed by atoms with Crippen LogP contribution in [0.1, 0.15) is 13.8 Å². The molecule has 1 aliphatic heterocycles. The number of anilines is 1. The Hall–Kier alpha value is -2.66. The standard InChI is InChI=1S/C21H24N2O3/c1-15(2)20(25)21(26)22-12-13-23(19(24)14-22)18-11-7-6-10-17(18)16-8-4-3-5-9-16/h3-11,15,20,25H,12-14H2,1-2H3/t20-/m1/s1. The van der Waals surface area contributed by atoms with Crippen LogP contribution in [0.25, 0.3) is 11.1 Å². The smallest absolute Gasteiger partial charge is 0.252 e. The summed E-state index contributed by atoms with van der Waals surface area (Å²) in [6.45, 7) is 4.40. The number of aliphatic hydroxyl groups is 1. The zero-order valence-corrected chi connectivity index (χ0v) is 15.1. The van der Waals surface area contributed by atoms with Gasteiger partial charge >= 0.3 is 0 Å². The van der Waals surface area contributed by atoms with E-state index in [1.165, 1.54) is 4.90 Å². The first-order valence-electron chi connectivity index (χ1n) is 8.90. The van der Waals surface area contributed by atoms with Crippen molar-refractivity contribution in [1.82, 2.24) is 4.90 Å². The van der Waals surface area contributed by atoms with Crippen molar-refractivity contribution < 1.29 is 14.7 Å². The van der Waals surface area contributed by atoms with Crippen LogP contribution in [0.2, 0.25) is 0 Å². The molecule has 1 saturated heterocycles. The van der Waals surface area contributed by atoms with Gasteiger partial charge in [0.2, 0.25) is 5.91 Å². The molecule has 2 aromatic rings. The highest BCUT2D eigenvalue weighted by atomic mass is 16.3. The van der Waals surface area contributed by atoms with E-state index in [2.05, 4.69) is 0 Å². The highest BCUT2D eigenvalue weighted by Crippen LogP contribution is 2.31. The van der Waals surface area contributed by atoms with Crippen molar-refractivity contribution in [1.29, 1.82) is 0 Å². The van der Waals surface area contributed by atoms with Crippen LogP contribution < -0.4 is 4.90 Å². The summed E-state index contributed by atoms with van der Waals surface area (Å²) in [7, 11) is 0. The van der Waals surface area contributed by atoms with Gasteiger partial charge in [0.15, 0.2) is 0 Å². The number of piperazine rings is 1. The SMILES string of the molecule is CC(C)[C@@H](O)C(=O)N1CCN(c2ccccc2-c2ccccc2)C(=O)C1. The maximum atomic E-state index is 12.7. The first-order chi connectivity index (χ1) is 12.5. The van der Waals surface area contributed by atoms with Crippen LogP contribution in [-0.2, 0) is 9.59 Å². The fourth-order valence-corrected chi connectivity index (χ4v) is 3.16. The molecule has 0 aliphatic carbocycles. The van der Waals surface area contributed by atoms with E-state index in [0.717, 1.165) is 16.8 Å². The number of nitrogens with zero attached hydrogens (tertiary/aromatic N) is 2. The lowest BCUT2D eigenvalue weighted by Crippen LogP contribution is -2.55. The van der Waals surface area contributed by atoms with Gasteiger partial charge in [0.25, 0.3) is 5.91 Å². The maximum Gasteiger partial charge on any atom is 0.252 e. The molecule has 1 fully saturated rings. The number of hydrogen-bond donors (Lipinski definition) is 1. The largest absolute Gasteiger partial charge is 0.383 e. The molecular formula is C21H24N2O3. The third-order valence-electron chi connectivity index (χ3n) is 4.70. The molecule has 3 rings (SSSR count). The predicted octanol–water partition coefficient (Wildman–Crippen LogP) is 2.55. The highest BCUT2D eigenvalue weighted by Gasteiger charge is 2.32. The molecule has 0 bridgehead atoms. The summed E-state index contributed by atoms with van der Waals surface area (Å²) in [6, 6.07) is 17.7. The quantitative estimate of drug-likeness (QED) is 0.920. The van der Waals surface area contributed by atoms with Gasteiger partial charge in [-0.3, -0.25) is 9.59 Å². The van der Waals surface area contributed by atoms with Crippen LogP contribution in [-0.4, -0.2) is 47.6 Å². The van der Waals surface area contributed by atoms with Gasteiger partial charge in [-0.2, -0.15) is 0 Å². The van der Waals surface area contributed by atoms with Gasteiger partial charge in [-0.1, -0.05) is 62.4 Å². The van der Waals surface area contributed by atoms with Gasteiger partial charge in [-0.05, 0) is 17.5 Å². The molecular weight excluding hydrogens is 328 g/mol. The van der Waals surface area contributed by atoms with E-state index in [0.29, 0.717) is 13.1 Å². The van der Waals surface area contributed by atoms with Crippen molar-refractivity contribution in [2.24, 2.45) is 5.92 Å². The summed E-state index contributed by atoms with van der Waals surface area (Å²) in [4.78, 5) is 28.2. The summed E-state index contributed by atoms with van der Waals surface area (Å²) < 4.78 is 0. The van der Waals surface area contributed by atoms with E-state index in [-0.39, 0.29) is 24.3 Å². The molecule has 0 saturated carbocycles. The van der Waals surface area contributed by atoms with E-state index in [1.807, 2.05) is 54.6 Å². The average molecular weight is 352 g/mol. The van der Waals surface area contributed by atoms with E-state index in [4.69, 9.17) is 0 Å². The lowest BCUT2D eigenvalue weighted by molar-refractivity contribution is -0.146. The summed E-state index contributed by atoms with van der Waals surface area (Å²) in [5, 5.41) is 9.99. The van der Waals surface area contributed by atoms with Gasteiger partial charge < -0.3 is 14.9 Å². The van der Waals surface area contributed by atoms with Crippen LogP contribution in [0.3, 0.4) is 0 Å². The van der Waals surface area contributed by atoms with E-state index in [1.54, 1.807) is 18.7 Å². The first kappa shape index (κ1) is 18.1. The molecule has 0 radical (unpaired) electrons. The van der Waals surface area contributed by atoms with Crippen LogP contribution in [0.4, 0.5) is 5.69 Å². The molecule has 1 atom stereocenters. The van der Waals surface area contributed by atoms with Crippen LogP contribution in [0.15, 0.2) is 54.6 Å². The molecule has 136 valence electrons. The second kappa shape index (κ2) is 7.70. The summed E-state index contributed by atoms with van der Waals surface area (Å²) in [6.07, 6.45) is -1.06. The fraction of sp³-hybridized carbons (Fsp3) is 0.333. The van der Waals surface area contributed by atoms with Gasteiger partial charge in [0, 0.05) is 18.7 Å². The molecule has 5 heteroatoms. The Morgan fingerprint density at radius 1 is 1.00 bits per heavy atom. The topological polar surface area (TPSA) is 60.9 Å². The molecule has 0 aromatic heterocycles. The molecule has 2 aromatic carbocycles. The molecule has 0 spiro atoms. The fourth-order valence-electron chi connectivity index (χ4n) is 3.16. The van der Waals surface area contributed by atoms with Gasteiger partial charge in [0.05, 0.1) is 5.69 Å². The Morgan fingerprint density at radius 3 is 2.31 bits per heavy atom. The number of aliphatic hydroxyl groups excluding tert-OH is 1. The predicted molar refractivity (Wildman–Crippen MR) is 102 cm³/mol. The highest BCUT2D eigenvalue weighted by molar-refractivity contribution is 6.01. The van der Waals surface area contributed by atoms with Crippen molar-refractivity contribution in [3.05, 3.63) is 54.6 Å². The second-order valence-corrected chi connectivity index (χ2v) is 6.88. The molecule has 2 amide bonds. The summed E-state index contributed by atoms with van der Waals surface area (Å²) in [5.74, 6) is -0.678. The number of benzene rings is 2. The number of rotatable bonds is 4. The summed E-state index contributed by atoms with van der Waals surface area (Å²) >= 11 is 0. The molecule has 1 aliphatic rings. The van der Waals surface area contributed by atoms with E-state index < -0.39 is 6.10 Å². The van der Waals surface area contributed by atoms with Crippen molar-refractivity contribution in [3.63, 3.8) is 0 Å². The first-order valence-corrected chi connectivity index (χ1v) is 8.90. The monoisotopic (exact) mass is 352 g/mol. The Morgan fingerprint density at radius 2 is 1.65 bits per heavy atom. The minimum Gasteiger partial charge on any atom is -0.383 e. The number of amides is 2. The Labute approximate surface area is 153 Å². The summed E-state index contributed by atoms with van der Waals surface area (Å²) in [5.41, 5.74) is 2.88. The van der Waals surface area contributed by atoms with E-state index >= 15 is 0 Å². The normalized spacial score (nSPS) is 16.1. The third kappa shape index (κ3) is 3.63. The van der Waals surface area contributed by atoms with Crippen LogP contribution in [0.5, 0.6) is 0 Å². The lowest BCUT2D eigenvalue weighted by Gasteiger charge is -2.36. The van der Waals surface area contributed by atoms with Gasteiger partial charge in [-0.25, -0.2) is 0 Å². The Kier molecular flexibility index (Phi) is 5.38. The zero-order valence-electron chi connectivity index (χ0n) is 15.1. The average Bonchev–Trinajstić information content (AvgIpc) is 2.67. The van der Waals surface area contributed by atoms with E-state index in [9.17, 15) is 14.7 Å². The Bertz CT molecular complexity index is 789. The molecule has 1 heterocycles.